The molecule has 1 aromatic carbocycles. The Labute approximate surface area is 187 Å². The maximum Gasteiger partial charge on any atom is 0.270 e. The van der Waals surface area contributed by atoms with Crippen LogP contribution in [0.15, 0.2) is 36.7 Å². The van der Waals surface area contributed by atoms with Gasteiger partial charge in [-0.1, -0.05) is 24.3 Å². The predicted molar refractivity (Wildman–Crippen MR) is 117 cm³/mol. The smallest absolute Gasteiger partial charge is 0.270 e. The van der Waals surface area contributed by atoms with Gasteiger partial charge in [0.25, 0.3) is 5.91 Å². The molecule has 1 fully saturated rings. The summed E-state index contributed by atoms with van der Waals surface area (Å²) in [5.74, 6) is -0.0728. The van der Waals surface area contributed by atoms with Crippen molar-refractivity contribution in [3.63, 3.8) is 0 Å². The molecule has 2 N–H and O–H groups in total. The number of hydrogen-bond donors (Lipinski definition) is 2. The first kappa shape index (κ1) is 22.2. The second-order valence-corrected chi connectivity index (χ2v) is 8.35. The molecule has 2 aliphatic heterocycles. The van der Waals surface area contributed by atoms with Crippen molar-refractivity contribution in [2.75, 3.05) is 32.7 Å². The Kier molecular flexibility index (Phi) is 6.96. The van der Waals surface area contributed by atoms with E-state index >= 15 is 0 Å². The van der Waals surface area contributed by atoms with Crippen LogP contribution in [0.1, 0.15) is 35.0 Å². The molecule has 1 aromatic heterocycles. The molecule has 2 amide bonds. The molecule has 170 valence electrons. The lowest BCUT2D eigenvalue weighted by Crippen LogP contribution is -2.42. The molecule has 0 radical (unpaired) electrons. The molecule has 2 atom stereocenters. The van der Waals surface area contributed by atoms with Crippen LogP contribution >= 0.6 is 0 Å². The number of hydrogen-bond acceptors (Lipinski definition) is 7. The average molecular weight is 440 g/mol. The van der Waals surface area contributed by atoms with Gasteiger partial charge in [0.05, 0.1) is 12.6 Å². The number of likely N-dealkylation sites (tertiary alicyclic amines) is 1. The summed E-state index contributed by atoms with van der Waals surface area (Å²) in [6, 6.07) is 9.84. The monoisotopic (exact) mass is 439 g/mol. The summed E-state index contributed by atoms with van der Waals surface area (Å²) in [6.07, 6.45) is 2.13. The van der Waals surface area contributed by atoms with Crippen LogP contribution in [0.4, 0.5) is 0 Å². The lowest BCUT2D eigenvalue weighted by molar-refractivity contribution is -0.128. The fourth-order valence-corrected chi connectivity index (χ4v) is 4.18. The number of nitrogens with one attached hydrogen (secondary N) is 1. The van der Waals surface area contributed by atoms with Crippen molar-refractivity contribution in [1.82, 2.24) is 25.1 Å². The summed E-state index contributed by atoms with van der Waals surface area (Å²) >= 11 is 0. The molecule has 1 unspecified atom stereocenters. The summed E-state index contributed by atoms with van der Waals surface area (Å²) in [4.78, 5) is 36.0. The quantitative estimate of drug-likeness (QED) is 0.651. The summed E-state index contributed by atoms with van der Waals surface area (Å²) < 4.78 is 5.82. The third-order valence-electron chi connectivity index (χ3n) is 5.93. The van der Waals surface area contributed by atoms with Crippen molar-refractivity contribution < 1.29 is 19.4 Å². The van der Waals surface area contributed by atoms with Crippen LogP contribution in [0, 0.1) is 0 Å². The molecular weight excluding hydrogens is 410 g/mol. The number of aromatic nitrogens is 2. The first-order valence-corrected chi connectivity index (χ1v) is 11.0. The van der Waals surface area contributed by atoms with Crippen LogP contribution in [0.2, 0.25) is 0 Å². The highest BCUT2D eigenvalue weighted by Crippen LogP contribution is 2.19. The Bertz CT molecular complexity index is 969. The van der Waals surface area contributed by atoms with Gasteiger partial charge in [-0.15, -0.1) is 0 Å². The van der Waals surface area contributed by atoms with E-state index in [1.54, 1.807) is 4.90 Å². The van der Waals surface area contributed by atoms with Gasteiger partial charge in [0.15, 0.2) is 0 Å². The number of β-amino-alcohol motifs (C(OH)–C–C–N with tert-alkyl or cyclic N) is 1. The van der Waals surface area contributed by atoms with E-state index in [2.05, 4.69) is 38.4 Å². The standard InChI is InChI=1S/C23H29N5O4/c1-16(29)28-9-7-20(14-28)32-22-10-21(25-15-26-22)23(31)24-11-19(30)13-27-8-6-17-4-2-3-5-18(17)12-27/h2-5,10,15,19-20,30H,6-9,11-14H2,1H3,(H,24,31)/t19-,20?/m0/s1. The average Bonchev–Trinajstić information content (AvgIpc) is 3.26. The van der Waals surface area contributed by atoms with Crippen LogP contribution in [0.25, 0.3) is 0 Å². The van der Waals surface area contributed by atoms with Crippen molar-refractivity contribution in [2.24, 2.45) is 0 Å². The van der Waals surface area contributed by atoms with Crippen molar-refractivity contribution >= 4 is 11.8 Å². The molecule has 1 saturated heterocycles. The Balaban J connectivity index is 1.24. The van der Waals surface area contributed by atoms with Gasteiger partial charge in [0, 0.05) is 52.1 Å². The highest BCUT2D eigenvalue weighted by atomic mass is 16.5. The third-order valence-corrected chi connectivity index (χ3v) is 5.93. The lowest BCUT2D eigenvalue weighted by atomic mass is 10.00. The molecule has 9 heteroatoms. The number of benzene rings is 1. The first-order valence-electron chi connectivity index (χ1n) is 11.0. The highest BCUT2D eigenvalue weighted by molar-refractivity contribution is 5.92. The minimum absolute atomic E-state index is 0.0196. The number of nitrogens with zero attached hydrogens (tertiary/aromatic N) is 4. The number of rotatable bonds is 7. The minimum atomic E-state index is -0.683. The molecule has 32 heavy (non-hydrogen) atoms. The van der Waals surface area contributed by atoms with Gasteiger partial charge in [-0.25, -0.2) is 9.97 Å². The molecule has 0 bridgehead atoms. The molecule has 3 heterocycles. The maximum absolute atomic E-state index is 12.5. The molecule has 9 nitrogen and oxygen atoms in total. The molecule has 0 aliphatic carbocycles. The second kappa shape index (κ2) is 10.1. The summed E-state index contributed by atoms with van der Waals surface area (Å²) in [5, 5.41) is 13.1. The van der Waals surface area contributed by atoms with E-state index in [9.17, 15) is 14.7 Å². The normalized spacial score (nSPS) is 19.3. The number of amides is 2. The molecule has 2 aromatic rings. The van der Waals surface area contributed by atoms with Crippen LogP contribution < -0.4 is 10.1 Å². The zero-order valence-electron chi connectivity index (χ0n) is 18.2. The number of aliphatic hydroxyl groups is 1. The fourth-order valence-electron chi connectivity index (χ4n) is 4.18. The predicted octanol–water partition coefficient (Wildman–Crippen LogP) is 0.625. The number of fused-ring (bicyclic) bond motifs is 1. The van der Waals surface area contributed by atoms with E-state index in [1.165, 1.54) is 30.4 Å². The number of carbonyl (C=O) groups is 2. The molecule has 2 aliphatic rings. The van der Waals surface area contributed by atoms with Crippen molar-refractivity contribution in [1.29, 1.82) is 0 Å². The van der Waals surface area contributed by atoms with Crippen molar-refractivity contribution in [2.45, 2.75) is 38.5 Å². The Morgan fingerprint density at radius 2 is 2.06 bits per heavy atom. The molecule has 0 spiro atoms. The topological polar surface area (TPSA) is 108 Å². The minimum Gasteiger partial charge on any atom is -0.472 e. The Morgan fingerprint density at radius 3 is 2.84 bits per heavy atom. The summed E-state index contributed by atoms with van der Waals surface area (Å²) in [6.45, 7) is 5.00. The Morgan fingerprint density at radius 1 is 1.25 bits per heavy atom. The van der Waals surface area contributed by atoms with Gasteiger partial charge in [-0.2, -0.15) is 0 Å². The zero-order chi connectivity index (χ0) is 22.5. The van der Waals surface area contributed by atoms with E-state index in [4.69, 9.17) is 4.74 Å². The van der Waals surface area contributed by atoms with E-state index < -0.39 is 12.0 Å². The fraction of sp³-hybridized carbons (Fsp3) is 0.478. The molecule has 0 saturated carbocycles. The highest BCUT2D eigenvalue weighted by Gasteiger charge is 2.26. The summed E-state index contributed by atoms with van der Waals surface area (Å²) in [7, 11) is 0. The van der Waals surface area contributed by atoms with E-state index in [1.807, 2.05) is 6.07 Å². The number of ether oxygens (including phenoxy) is 1. The van der Waals surface area contributed by atoms with Gasteiger partial charge in [-0.3, -0.25) is 14.5 Å². The van der Waals surface area contributed by atoms with E-state index in [-0.39, 0.29) is 24.2 Å². The van der Waals surface area contributed by atoms with Crippen molar-refractivity contribution in [3.8, 4) is 5.88 Å². The molecule has 4 rings (SSSR count). The van der Waals surface area contributed by atoms with Gasteiger partial charge in [0.1, 0.15) is 18.1 Å². The zero-order valence-corrected chi connectivity index (χ0v) is 18.2. The van der Waals surface area contributed by atoms with E-state index in [0.29, 0.717) is 25.5 Å². The van der Waals surface area contributed by atoms with Crippen LogP contribution in [-0.4, -0.2) is 81.6 Å². The third kappa shape index (κ3) is 5.60. The second-order valence-electron chi connectivity index (χ2n) is 8.35. The number of carbonyl (C=O) groups excluding carboxylic acids is 2. The van der Waals surface area contributed by atoms with Crippen molar-refractivity contribution in [3.05, 3.63) is 53.5 Å². The SMILES string of the molecule is CC(=O)N1CCC(Oc2cc(C(=O)NC[C@H](O)CN3CCc4ccccc4C3)ncn2)C1. The lowest BCUT2D eigenvalue weighted by Gasteiger charge is -2.30. The largest absolute Gasteiger partial charge is 0.472 e. The number of aliphatic hydroxyl groups excluding tert-OH is 1. The molecular formula is C23H29N5O4. The maximum atomic E-state index is 12.5. The Hall–Kier alpha value is -3.04. The van der Waals surface area contributed by atoms with Gasteiger partial charge in [-0.05, 0) is 17.5 Å². The van der Waals surface area contributed by atoms with Gasteiger partial charge >= 0.3 is 0 Å². The van der Waals surface area contributed by atoms with Crippen LogP contribution in [0.5, 0.6) is 5.88 Å². The first-order chi connectivity index (χ1) is 15.5. The summed E-state index contributed by atoms with van der Waals surface area (Å²) in [5.41, 5.74) is 2.83. The van der Waals surface area contributed by atoms with Gasteiger partial charge < -0.3 is 20.1 Å². The van der Waals surface area contributed by atoms with Crippen LogP contribution in [-0.2, 0) is 17.8 Å². The van der Waals surface area contributed by atoms with Gasteiger partial charge in [0.2, 0.25) is 11.8 Å². The van der Waals surface area contributed by atoms with E-state index in [0.717, 1.165) is 25.9 Å². The van der Waals surface area contributed by atoms with Crippen LogP contribution in [0.3, 0.4) is 0 Å².